The molecule has 0 radical (unpaired) electrons. The topological polar surface area (TPSA) is 90.5 Å². The minimum atomic E-state index is -4.69. The van der Waals surface area contributed by atoms with Gasteiger partial charge >= 0.3 is 12.1 Å². The van der Waals surface area contributed by atoms with E-state index in [0.717, 1.165) is 17.5 Å². The molecule has 0 saturated heterocycles. The van der Waals surface area contributed by atoms with Gasteiger partial charge in [0.15, 0.2) is 0 Å². The van der Waals surface area contributed by atoms with Crippen molar-refractivity contribution in [1.82, 2.24) is 4.98 Å². The fourth-order valence-corrected chi connectivity index (χ4v) is 2.99. The quantitative estimate of drug-likeness (QED) is 0.888. The number of nitrogens with one attached hydrogen (secondary N) is 1. The predicted molar refractivity (Wildman–Crippen MR) is 74.8 cm³/mol. The molecule has 0 atom stereocenters. The smallest absolute Gasteiger partial charge is 0.431 e. The Bertz CT molecular complexity index is 826. The number of carbonyl (C=O) groups is 1. The highest BCUT2D eigenvalue weighted by Crippen LogP contribution is 2.31. The number of carboxylic acid groups (broad SMARTS) is 1. The van der Waals surface area contributed by atoms with Crippen LogP contribution in [0.5, 0.6) is 0 Å². The molecule has 2 N–H and O–H groups in total. The second-order valence-electron chi connectivity index (χ2n) is 4.57. The summed E-state index contributed by atoms with van der Waals surface area (Å²) in [7, 11) is -3.05. The molecule has 0 bridgehead atoms. The van der Waals surface area contributed by atoms with E-state index < -0.39 is 32.8 Å². The molecule has 0 aliphatic carbocycles. The van der Waals surface area contributed by atoms with E-state index in [0.29, 0.717) is 6.07 Å². The SMILES string of the molecule is CN(c1ccc(C(=O)O)cc1)S(=O)(=O)c1c[nH]c(C(F)(F)F)c1. The van der Waals surface area contributed by atoms with E-state index in [1.54, 1.807) is 0 Å². The number of anilines is 1. The number of sulfonamides is 1. The van der Waals surface area contributed by atoms with Gasteiger partial charge in [-0.1, -0.05) is 0 Å². The van der Waals surface area contributed by atoms with Crippen molar-refractivity contribution >= 4 is 21.7 Å². The molecule has 2 aromatic rings. The van der Waals surface area contributed by atoms with Crippen molar-refractivity contribution in [3.63, 3.8) is 0 Å². The summed E-state index contributed by atoms with van der Waals surface area (Å²) in [6.45, 7) is 0. The third-order valence-corrected chi connectivity index (χ3v) is 4.86. The summed E-state index contributed by atoms with van der Waals surface area (Å²) < 4.78 is 63.0. The zero-order valence-corrected chi connectivity index (χ0v) is 12.4. The zero-order valence-electron chi connectivity index (χ0n) is 11.6. The third-order valence-electron chi connectivity index (χ3n) is 3.10. The molecule has 0 aliphatic heterocycles. The molecule has 1 aromatic heterocycles. The number of aromatic nitrogens is 1. The van der Waals surface area contributed by atoms with Crippen LogP contribution in [0.4, 0.5) is 18.9 Å². The summed E-state index contributed by atoms with van der Waals surface area (Å²) in [6, 6.07) is 5.39. The fourth-order valence-electron chi connectivity index (χ4n) is 1.80. The van der Waals surface area contributed by atoms with Crippen LogP contribution in [-0.4, -0.2) is 31.5 Å². The summed E-state index contributed by atoms with van der Waals surface area (Å²) in [5.74, 6) is -1.18. The van der Waals surface area contributed by atoms with Gasteiger partial charge in [-0.2, -0.15) is 13.2 Å². The largest absolute Gasteiger partial charge is 0.478 e. The highest BCUT2D eigenvalue weighted by Gasteiger charge is 2.34. The van der Waals surface area contributed by atoms with Crippen molar-refractivity contribution in [2.75, 3.05) is 11.4 Å². The number of aromatic carboxylic acids is 1. The van der Waals surface area contributed by atoms with Crippen LogP contribution in [0.15, 0.2) is 41.4 Å². The maximum Gasteiger partial charge on any atom is 0.431 e. The number of nitrogens with zero attached hydrogens (tertiary/aromatic N) is 1. The van der Waals surface area contributed by atoms with Crippen LogP contribution in [-0.2, 0) is 16.2 Å². The maximum atomic E-state index is 12.5. The Morgan fingerprint density at radius 2 is 1.78 bits per heavy atom. The van der Waals surface area contributed by atoms with E-state index in [2.05, 4.69) is 0 Å². The van der Waals surface area contributed by atoms with E-state index in [-0.39, 0.29) is 11.3 Å². The first kappa shape index (κ1) is 16.9. The van der Waals surface area contributed by atoms with Crippen molar-refractivity contribution in [2.45, 2.75) is 11.1 Å². The Morgan fingerprint density at radius 1 is 1.22 bits per heavy atom. The molecule has 0 spiro atoms. The average molecular weight is 348 g/mol. The van der Waals surface area contributed by atoms with Crippen LogP contribution in [0, 0.1) is 0 Å². The van der Waals surface area contributed by atoms with Gasteiger partial charge in [0.05, 0.1) is 11.3 Å². The van der Waals surface area contributed by atoms with Gasteiger partial charge in [-0.3, -0.25) is 4.31 Å². The molecule has 1 heterocycles. The Morgan fingerprint density at radius 3 is 2.22 bits per heavy atom. The van der Waals surface area contributed by atoms with E-state index in [9.17, 15) is 26.4 Å². The minimum absolute atomic E-state index is 0.0412. The van der Waals surface area contributed by atoms with Crippen LogP contribution in [0.3, 0.4) is 0 Å². The number of benzene rings is 1. The molecule has 1 aromatic carbocycles. The zero-order chi connectivity index (χ0) is 17.4. The molecule has 6 nitrogen and oxygen atoms in total. The summed E-state index contributed by atoms with van der Waals surface area (Å²) in [5, 5.41) is 8.79. The van der Waals surface area contributed by atoms with Gasteiger partial charge in [0.25, 0.3) is 10.0 Å². The Labute approximate surface area is 129 Å². The lowest BCUT2D eigenvalue weighted by Crippen LogP contribution is -2.26. The number of halogens is 3. The van der Waals surface area contributed by atoms with E-state index in [4.69, 9.17) is 5.11 Å². The second-order valence-corrected chi connectivity index (χ2v) is 6.54. The first-order chi connectivity index (χ1) is 10.5. The highest BCUT2D eigenvalue weighted by atomic mass is 32.2. The molecular weight excluding hydrogens is 337 g/mol. The minimum Gasteiger partial charge on any atom is -0.478 e. The number of rotatable bonds is 4. The molecule has 23 heavy (non-hydrogen) atoms. The highest BCUT2D eigenvalue weighted by molar-refractivity contribution is 7.92. The van der Waals surface area contributed by atoms with Crippen molar-refractivity contribution in [3.05, 3.63) is 47.8 Å². The van der Waals surface area contributed by atoms with Gasteiger partial charge in [0.1, 0.15) is 10.6 Å². The van der Waals surface area contributed by atoms with Crippen molar-refractivity contribution in [1.29, 1.82) is 0 Å². The Hall–Kier alpha value is -2.49. The van der Waals surface area contributed by atoms with Crippen molar-refractivity contribution < 1.29 is 31.5 Å². The number of carboxylic acids is 1. The summed E-state index contributed by atoms with van der Waals surface area (Å²) in [6.07, 6.45) is -3.93. The monoisotopic (exact) mass is 348 g/mol. The van der Waals surface area contributed by atoms with Crippen LogP contribution in [0.2, 0.25) is 0 Å². The third kappa shape index (κ3) is 3.31. The van der Waals surface area contributed by atoms with Crippen LogP contribution in [0.1, 0.15) is 16.1 Å². The van der Waals surface area contributed by atoms with Crippen LogP contribution >= 0.6 is 0 Å². The molecule has 10 heteroatoms. The van der Waals surface area contributed by atoms with Gasteiger partial charge < -0.3 is 10.1 Å². The normalized spacial score (nSPS) is 12.2. The number of hydrogen-bond donors (Lipinski definition) is 2. The lowest BCUT2D eigenvalue weighted by Gasteiger charge is -2.18. The number of aromatic amines is 1. The summed E-state index contributed by atoms with van der Waals surface area (Å²) in [4.78, 5) is 12.1. The van der Waals surface area contributed by atoms with E-state index >= 15 is 0 Å². The average Bonchev–Trinajstić information content (AvgIpc) is 2.97. The molecule has 0 amide bonds. The van der Waals surface area contributed by atoms with Gasteiger partial charge in [-0.15, -0.1) is 0 Å². The molecule has 124 valence electrons. The first-order valence-corrected chi connectivity index (χ1v) is 7.55. The van der Waals surface area contributed by atoms with Crippen molar-refractivity contribution in [2.24, 2.45) is 0 Å². The fraction of sp³-hybridized carbons (Fsp3) is 0.154. The van der Waals surface area contributed by atoms with Crippen molar-refractivity contribution in [3.8, 4) is 0 Å². The lowest BCUT2D eigenvalue weighted by atomic mass is 10.2. The Kier molecular flexibility index (Phi) is 4.12. The molecule has 2 rings (SSSR count). The molecule has 0 saturated carbocycles. The van der Waals surface area contributed by atoms with Crippen LogP contribution in [0.25, 0.3) is 0 Å². The standard InChI is InChI=1S/C13H11F3N2O4S/c1-18(9-4-2-8(3-5-9)12(19)20)23(21,22)10-6-11(17-7-10)13(14,15)16/h2-7,17H,1H3,(H,19,20). The Balaban J connectivity index is 2.35. The van der Waals surface area contributed by atoms with Gasteiger partial charge in [-0.05, 0) is 30.3 Å². The predicted octanol–water partition coefficient (Wildman–Crippen LogP) is 2.56. The molecular formula is C13H11F3N2O4S. The molecule has 0 fully saturated rings. The lowest BCUT2D eigenvalue weighted by molar-refractivity contribution is -0.140. The van der Waals surface area contributed by atoms with Gasteiger partial charge in [0.2, 0.25) is 0 Å². The summed E-state index contributed by atoms with van der Waals surface area (Å²) in [5.41, 5.74) is -1.10. The van der Waals surface area contributed by atoms with Gasteiger partial charge in [-0.25, -0.2) is 13.2 Å². The second kappa shape index (κ2) is 5.61. The van der Waals surface area contributed by atoms with Crippen LogP contribution < -0.4 is 4.31 Å². The summed E-state index contributed by atoms with van der Waals surface area (Å²) >= 11 is 0. The number of alkyl halides is 3. The van der Waals surface area contributed by atoms with Gasteiger partial charge in [0, 0.05) is 13.2 Å². The molecule has 0 unspecified atom stereocenters. The number of hydrogen-bond acceptors (Lipinski definition) is 3. The number of H-pyrrole nitrogens is 1. The first-order valence-electron chi connectivity index (χ1n) is 6.11. The van der Waals surface area contributed by atoms with E-state index in [1.165, 1.54) is 24.3 Å². The molecule has 0 aliphatic rings. The maximum absolute atomic E-state index is 12.5. The van der Waals surface area contributed by atoms with E-state index in [1.807, 2.05) is 4.98 Å².